The second-order valence-electron chi connectivity index (χ2n) is 12.8. The highest BCUT2D eigenvalue weighted by molar-refractivity contribution is 6.00. The fourth-order valence-corrected chi connectivity index (χ4v) is 4.51. The summed E-state index contributed by atoms with van der Waals surface area (Å²) in [6, 6.07) is 15.2. The number of rotatable bonds is 5. The van der Waals surface area contributed by atoms with Crippen molar-refractivity contribution in [2.45, 2.75) is 85.4 Å². The molecule has 1 aromatic heterocycles. The Kier molecular flexibility index (Phi) is 8.66. The van der Waals surface area contributed by atoms with Gasteiger partial charge in [0.2, 0.25) is 0 Å². The van der Waals surface area contributed by atoms with Crippen molar-refractivity contribution >= 4 is 23.6 Å². The molecule has 9 nitrogen and oxygen atoms in total. The first kappa shape index (κ1) is 30.0. The minimum absolute atomic E-state index is 0.00858. The van der Waals surface area contributed by atoms with Crippen molar-refractivity contribution in [3.05, 3.63) is 65.4 Å². The molecule has 2 aromatic carbocycles. The van der Waals surface area contributed by atoms with Gasteiger partial charge in [-0.3, -0.25) is 5.32 Å². The Bertz CT molecular complexity index is 1370. The standard InChI is InChI=1S/C32H43N5O4/c1-21-9-11-23(12-10-21)37-28(20-27(35-37)31(3,4)5)34-29(38)33-26-14-13-25(19-22(26)2)40-24-15-17-36(18-16-24)30(39)41-32(6,7)8/h9-14,19-20,24H,15-18H2,1-8H3,(H2,33,34,38). The van der Waals surface area contributed by atoms with Crippen molar-refractivity contribution in [3.63, 3.8) is 0 Å². The SMILES string of the molecule is Cc1ccc(-n2nc(C(C)(C)C)cc2NC(=O)Nc2ccc(OC3CCN(C(=O)OC(C)(C)C)CC3)cc2C)cc1. The second kappa shape index (κ2) is 11.8. The summed E-state index contributed by atoms with van der Waals surface area (Å²) in [7, 11) is 0. The number of anilines is 2. The summed E-state index contributed by atoms with van der Waals surface area (Å²) in [5.74, 6) is 1.32. The van der Waals surface area contributed by atoms with Gasteiger partial charge in [0.05, 0.1) is 11.4 Å². The van der Waals surface area contributed by atoms with Crippen molar-refractivity contribution in [1.82, 2.24) is 14.7 Å². The molecular weight excluding hydrogens is 518 g/mol. The molecule has 41 heavy (non-hydrogen) atoms. The van der Waals surface area contributed by atoms with E-state index >= 15 is 0 Å². The van der Waals surface area contributed by atoms with E-state index in [0.717, 1.165) is 41.1 Å². The van der Waals surface area contributed by atoms with Gasteiger partial charge in [-0.05, 0) is 70.5 Å². The van der Waals surface area contributed by atoms with Gasteiger partial charge in [-0.25, -0.2) is 14.3 Å². The zero-order valence-corrected chi connectivity index (χ0v) is 25.5. The van der Waals surface area contributed by atoms with Crippen LogP contribution >= 0.6 is 0 Å². The Morgan fingerprint density at radius 1 is 0.902 bits per heavy atom. The molecule has 1 fully saturated rings. The van der Waals surface area contributed by atoms with Crippen LogP contribution in [-0.4, -0.2) is 51.6 Å². The van der Waals surface area contributed by atoms with Crippen molar-refractivity contribution in [2.75, 3.05) is 23.7 Å². The van der Waals surface area contributed by atoms with E-state index in [0.29, 0.717) is 24.6 Å². The molecule has 2 N–H and O–H groups in total. The average molecular weight is 562 g/mol. The lowest BCUT2D eigenvalue weighted by atomic mass is 9.92. The van der Waals surface area contributed by atoms with Crippen LogP contribution < -0.4 is 15.4 Å². The number of nitrogens with one attached hydrogen (secondary N) is 2. The molecule has 9 heteroatoms. The van der Waals surface area contributed by atoms with Crippen LogP contribution in [0.4, 0.5) is 21.1 Å². The maximum Gasteiger partial charge on any atom is 0.410 e. The Balaban J connectivity index is 1.37. The lowest BCUT2D eigenvalue weighted by Crippen LogP contribution is -2.44. The Labute approximate surface area is 243 Å². The molecule has 0 saturated carbocycles. The number of urea groups is 1. The molecule has 4 rings (SSSR count). The highest BCUT2D eigenvalue weighted by Gasteiger charge is 2.28. The van der Waals surface area contributed by atoms with Crippen molar-refractivity contribution < 1.29 is 19.1 Å². The van der Waals surface area contributed by atoms with Crippen molar-refractivity contribution in [1.29, 1.82) is 0 Å². The Hall–Kier alpha value is -4.01. The number of piperidine rings is 1. The highest BCUT2D eigenvalue weighted by atomic mass is 16.6. The van der Waals surface area contributed by atoms with Crippen LogP contribution in [0.15, 0.2) is 48.5 Å². The monoisotopic (exact) mass is 561 g/mol. The molecule has 3 aromatic rings. The van der Waals surface area contributed by atoms with E-state index in [-0.39, 0.29) is 23.6 Å². The van der Waals surface area contributed by atoms with Gasteiger partial charge in [0.15, 0.2) is 0 Å². The van der Waals surface area contributed by atoms with Gasteiger partial charge in [-0.15, -0.1) is 0 Å². The van der Waals surface area contributed by atoms with E-state index in [1.807, 2.05) is 83.1 Å². The van der Waals surface area contributed by atoms with Gasteiger partial charge in [-0.2, -0.15) is 5.10 Å². The van der Waals surface area contributed by atoms with Gasteiger partial charge < -0.3 is 19.7 Å². The first-order valence-corrected chi connectivity index (χ1v) is 14.2. The number of aromatic nitrogens is 2. The summed E-state index contributed by atoms with van der Waals surface area (Å²) < 4.78 is 13.5. The van der Waals surface area contributed by atoms with E-state index in [2.05, 4.69) is 31.4 Å². The average Bonchev–Trinajstić information content (AvgIpc) is 3.30. The van der Waals surface area contributed by atoms with Crippen LogP contribution in [0.1, 0.15) is 71.2 Å². The first-order valence-electron chi connectivity index (χ1n) is 14.2. The largest absolute Gasteiger partial charge is 0.490 e. The first-order chi connectivity index (χ1) is 19.2. The molecule has 220 valence electrons. The summed E-state index contributed by atoms with van der Waals surface area (Å²) in [6.07, 6.45) is 1.18. The third-order valence-electron chi connectivity index (χ3n) is 6.84. The molecule has 1 aliphatic rings. The van der Waals surface area contributed by atoms with Crippen LogP contribution in [0.25, 0.3) is 5.69 Å². The number of nitrogens with zero attached hydrogens (tertiary/aromatic N) is 3. The van der Waals surface area contributed by atoms with Crippen LogP contribution in [0.2, 0.25) is 0 Å². The third kappa shape index (κ3) is 8.02. The molecule has 0 spiro atoms. The number of hydrogen-bond acceptors (Lipinski definition) is 5. The smallest absolute Gasteiger partial charge is 0.410 e. The van der Waals surface area contributed by atoms with Crippen LogP contribution in [0, 0.1) is 13.8 Å². The zero-order valence-electron chi connectivity index (χ0n) is 25.5. The topological polar surface area (TPSA) is 97.7 Å². The predicted octanol–water partition coefficient (Wildman–Crippen LogP) is 7.21. The Morgan fingerprint density at radius 3 is 2.15 bits per heavy atom. The number of carbonyl (C=O) groups is 2. The normalized spacial score (nSPS) is 14.5. The number of hydrogen-bond donors (Lipinski definition) is 2. The van der Waals surface area contributed by atoms with E-state index in [1.165, 1.54) is 0 Å². The molecule has 0 radical (unpaired) electrons. The molecule has 2 heterocycles. The number of benzene rings is 2. The van der Waals surface area contributed by atoms with E-state index in [9.17, 15) is 9.59 Å². The molecule has 1 aliphatic heterocycles. The summed E-state index contributed by atoms with van der Waals surface area (Å²) in [4.78, 5) is 27.1. The molecule has 3 amide bonds. The number of ether oxygens (including phenoxy) is 2. The van der Waals surface area contributed by atoms with E-state index < -0.39 is 5.60 Å². The highest BCUT2D eigenvalue weighted by Crippen LogP contribution is 2.28. The summed E-state index contributed by atoms with van der Waals surface area (Å²) in [6.45, 7) is 17.0. The van der Waals surface area contributed by atoms with Gasteiger partial charge in [-0.1, -0.05) is 38.5 Å². The number of likely N-dealkylation sites (tertiary alicyclic amines) is 1. The molecule has 1 saturated heterocycles. The van der Waals surface area contributed by atoms with E-state index in [4.69, 9.17) is 14.6 Å². The minimum atomic E-state index is -0.508. The van der Waals surface area contributed by atoms with E-state index in [1.54, 1.807) is 9.58 Å². The van der Waals surface area contributed by atoms with Gasteiger partial charge in [0, 0.05) is 43.1 Å². The maximum absolute atomic E-state index is 13.1. The maximum atomic E-state index is 13.1. The predicted molar refractivity (Wildman–Crippen MR) is 162 cm³/mol. The molecule has 0 unspecified atom stereocenters. The lowest BCUT2D eigenvalue weighted by molar-refractivity contribution is 0.0126. The van der Waals surface area contributed by atoms with Gasteiger partial charge >= 0.3 is 12.1 Å². The van der Waals surface area contributed by atoms with Crippen molar-refractivity contribution in [2.24, 2.45) is 0 Å². The summed E-state index contributed by atoms with van der Waals surface area (Å²) >= 11 is 0. The zero-order chi connectivity index (χ0) is 29.9. The minimum Gasteiger partial charge on any atom is -0.490 e. The molecule has 0 aliphatic carbocycles. The van der Waals surface area contributed by atoms with Gasteiger partial charge in [0.25, 0.3) is 0 Å². The van der Waals surface area contributed by atoms with Crippen molar-refractivity contribution in [3.8, 4) is 11.4 Å². The molecular formula is C32H43N5O4. The Morgan fingerprint density at radius 2 is 1.56 bits per heavy atom. The lowest BCUT2D eigenvalue weighted by Gasteiger charge is -2.33. The van der Waals surface area contributed by atoms with Crippen LogP contribution in [0.5, 0.6) is 5.75 Å². The summed E-state index contributed by atoms with van der Waals surface area (Å²) in [5.41, 5.74) is 3.78. The fourth-order valence-electron chi connectivity index (χ4n) is 4.51. The fraction of sp³-hybridized carbons (Fsp3) is 0.469. The third-order valence-corrected chi connectivity index (χ3v) is 6.84. The number of aryl methyl sites for hydroxylation is 2. The summed E-state index contributed by atoms with van der Waals surface area (Å²) in [5, 5.41) is 10.7. The van der Waals surface area contributed by atoms with Gasteiger partial charge in [0.1, 0.15) is 23.3 Å². The molecule has 0 bridgehead atoms. The van der Waals surface area contributed by atoms with Crippen LogP contribution in [0.3, 0.4) is 0 Å². The van der Waals surface area contributed by atoms with Crippen LogP contribution in [-0.2, 0) is 10.2 Å². The number of amides is 3. The quantitative estimate of drug-likeness (QED) is 0.343. The second-order valence-corrected chi connectivity index (χ2v) is 12.8. The number of carbonyl (C=O) groups excluding carboxylic acids is 2. The molecule has 0 atom stereocenters.